The molecule has 0 radical (unpaired) electrons. The molecule has 0 aliphatic heterocycles. The SMILES string of the molecule is CC(C)n1c(=O)c(-c2ccc(NSCCC(F)(F)F)c(F)c2)cc2cnc(NC3CCC(N(C)C)C(F)C3)nc21. The second-order valence-corrected chi connectivity index (χ2v) is 11.4. The fourth-order valence-electron chi connectivity index (χ4n) is 4.93. The van der Waals surface area contributed by atoms with Gasteiger partial charge in [0.05, 0.1) is 12.1 Å². The number of benzene rings is 1. The highest BCUT2D eigenvalue weighted by Gasteiger charge is 2.32. The van der Waals surface area contributed by atoms with Gasteiger partial charge in [0.25, 0.3) is 5.56 Å². The van der Waals surface area contributed by atoms with Gasteiger partial charge in [0.1, 0.15) is 17.6 Å². The molecule has 0 spiro atoms. The predicted molar refractivity (Wildman–Crippen MR) is 150 cm³/mol. The third-order valence-electron chi connectivity index (χ3n) is 6.97. The summed E-state index contributed by atoms with van der Waals surface area (Å²) in [6.07, 6.45) is -2.88. The fraction of sp³-hybridized carbons (Fsp3) is 0.519. The molecule has 1 aromatic carbocycles. The molecule has 3 unspecified atom stereocenters. The van der Waals surface area contributed by atoms with E-state index in [2.05, 4.69) is 20.0 Å². The molecular weight excluding hydrogens is 551 g/mol. The van der Waals surface area contributed by atoms with Gasteiger partial charge in [-0.15, -0.1) is 0 Å². The molecule has 0 bridgehead atoms. The van der Waals surface area contributed by atoms with Crippen molar-refractivity contribution in [3.8, 4) is 11.1 Å². The average molecular weight is 585 g/mol. The van der Waals surface area contributed by atoms with Crippen LogP contribution >= 0.6 is 11.9 Å². The first-order chi connectivity index (χ1) is 18.8. The smallest absolute Gasteiger partial charge is 0.351 e. The van der Waals surface area contributed by atoms with Crippen LogP contribution in [0.4, 0.5) is 33.6 Å². The molecule has 1 fully saturated rings. The van der Waals surface area contributed by atoms with Crippen LogP contribution in [0, 0.1) is 5.82 Å². The molecule has 13 heteroatoms. The van der Waals surface area contributed by atoms with Crippen molar-refractivity contribution in [1.29, 1.82) is 0 Å². The van der Waals surface area contributed by atoms with Crippen molar-refractivity contribution in [2.75, 3.05) is 29.9 Å². The average Bonchev–Trinajstić information content (AvgIpc) is 2.86. The van der Waals surface area contributed by atoms with E-state index in [4.69, 9.17) is 0 Å². The van der Waals surface area contributed by atoms with Gasteiger partial charge in [0.15, 0.2) is 0 Å². The molecule has 2 N–H and O–H groups in total. The van der Waals surface area contributed by atoms with Crippen LogP contribution in [0.15, 0.2) is 35.3 Å². The summed E-state index contributed by atoms with van der Waals surface area (Å²) < 4.78 is 70.6. The third kappa shape index (κ3) is 7.03. The number of rotatable bonds is 9. The molecule has 1 aliphatic carbocycles. The molecule has 1 aliphatic rings. The predicted octanol–water partition coefficient (Wildman–Crippen LogP) is 6.42. The standard InChI is InChI=1S/C27H33F5N6OS/c1-15(2)38-24-17(14-33-26(35-24)34-18-6-8-23(37(3)4)21(29)13-18)11-19(25(38)39)16-5-7-22(20(28)12-16)36-40-10-9-27(30,31)32/h5,7,11-12,14-15,18,21,23,36H,6,8-10,13H2,1-4H3,(H,33,34,35). The molecule has 1 saturated carbocycles. The fourth-order valence-corrected chi connectivity index (χ4v) is 5.69. The second-order valence-electron chi connectivity index (χ2n) is 10.5. The van der Waals surface area contributed by atoms with Crippen molar-refractivity contribution in [1.82, 2.24) is 19.4 Å². The number of nitrogens with zero attached hydrogens (tertiary/aromatic N) is 4. The monoisotopic (exact) mass is 584 g/mol. The van der Waals surface area contributed by atoms with Crippen molar-refractivity contribution in [2.45, 2.75) is 70.0 Å². The van der Waals surface area contributed by atoms with E-state index < -0.39 is 24.6 Å². The Morgan fingerprint density at radius 3 is 2.58 bits per heavy atom. The molecule has 3 aromatic rings. The highest BCUT2D eigenvalue weighted by Crippen LogP contribution is 2.30. The summed E-state index contributed by atoms with van der Waals surface area (Å²) in [5.74, 6) is -0.658. The molecule has 40 heavy (non-hydrogen) atoms. The molecule has 7 nitrogen and oxygen atoms in total. The van der Waals surface area contributed by atoms with E-state index >= 15 is 0 Å². The normalized spacial score (nSPS) is 19.9. The van der Waals surface area contributed by atoms with Crippen molar-refractivity contribution >= 4 is 34.6 Å². The zero-order chi connectivity index (χ0) is 29.2. The Kier molecular flexibility index (Phi) is 9.23. The van der Waals surface area contributed by atoms with Crippen LogP contribution < -0.4 is 15.6 Å². The Bertz CT molecular complexity index is 1400. The van der Waals surface area contributed by atoms with Crippen molar-refractivity contribution < 1.29 is 22.0 Å². The van der Waals surface area contributed by atoms with Crippen LogP contribution in [0.2, 0.25) is 0 Å². The van der Waals surface area contributed by atoms with Crippen molar-refractivity contribution in [2.24, 2.45) is 0 Å². The summed E-state index contributed by atoms with van der Waals surface area (Å²) >= 11 is 0.754. The molecule has 218 valence electrons. The number of hydrogen-bond donors (Lipinski definition) is 2. The number of hydrogen-bond acceptors (Lipinski definition) is 7. The van der Waals surface area contributed by atoms with Gasteiger partial charge < -0.3 is 14.9 Å². The van der Waals surface area contributed by atoms with Crippen molar-refractivity contribution in [3.05, 3.63) is 46.6 Å². The lowest BCUT2D eigenvalue weighted by atomic mass is 9.89. The summed E-state index contributed by atoms with van der Waals surface area (Å²) in [5, 5.41) is 3.79. The number of fused-ring (bicyclic) bond motifs is 1. The van der Waals surface area contributed by atoms with E-state index in [0.29, 0.717) is 35.4 Å². The minimum atomic E-state index is -4.28. The number of halogens is 5. The largest absolute Gasteiger partial charge is 0.389 e. The number of aromatic nitrogens is 3. The summed E-state index contributed by atoms with van der Waals surface area (Å²) in [4.78, 5) is 24.4. The highest BCUT2D eigenvalue weighted by atomic mass is 32.2. The Morgan fingerprint density at radius 1 is 1.20 bits per heavy atom. The second kappa shape index (κ2) is 12.3. The van der Waals surface area contributed by atoms with E-state index in [-0.39, 0.29) is 40.7 Å². The van der Waals surface area contributed by atoms with E-state index in [0.717, 1.165) is 18.4 Å². The number of anilines is 2. The van der Waals surface area contributed by atoms with Crippen LogP contribution in [0.25, 0.3) is 22.2 Å². The van der Waals surface area contributed by atoms with E-state index in [9.17, 15) is 26.7 Å². The number of alkyl halides is 4. The quantitative estimate of drug-likeness (QED) is 0.171. The number of pyridine rings is 1. The van der Waals surface area contributed by atoms with Crippen LogP contribution in [-0.4, -0.2) is 63.7 Å². The Hall–Kier alpha value is -2.93. The minimum absolute atomic E-state index is 0.0232. The van der Waals surface area contributed by atoms with E-state index in [1.807, 2.05) is 32.8 Å². The zero-order valence-corrected chi connectivity index (χ0v) is 23.5. The van der Waals surface area contributed by atoms with Gasteiger partial charge in [-0.3, -0.25) is 9.36 Å². The van der Waals surface area contributed by atoms with Gasteiger partial charge in [-0.05, 0) is 64.5 Å². The maximum absolute atomic E-state index is 14.8. The summed E-state index contributed by atoms with van der Waals surface area (Å²) in [6, 6.07) is 5.17. The van der Waals surface area contributed by atoms with Crippen LogP contribution in [0.3, 0.4) is 0 Å². The highest BCUT2D eigenvalue weighted by molar-refractivity contribution is 8.00. The zero-order valence-electron chi connectivity index (χ0n) is 22.7. The summed E-state index contributed by atoms with van der Waals surface area (Å²) in [6.45, 7) is 3.67. The van der Waals surface area contributed by atoms with Crippen LogP contribution in [0.5, 0.6) is 0 Å². The minimum Gasteiger partial charge on any atom is -0.351 e. The molecule has 0 saturated heterocycles. The molecule has 0 amide bonds. The molecule has 2 aromatic heterocycles. The van der Waals surface area contributed by atoms with Gasteiger partial charge in [-0.1, -0.05) is 18.0 Å². The molecule has 3 atom stereocenters. The van der Waals surface area contributed by atoms with Crippen LogP contribution in [-0.2, 0) is 0 Å². The maximum atomic E-state index is 14.8. The Morgan fingerprint density at radius 2 is 1.95 bits per heavy atom. The number of nitrogens with one attached hydrogen (secondary N) is 2. The summed E-state index contributed by atoms with van der Waals surface area (Å²) in [7, 11) is 3.75. The molecular formula is C27H33F5N6OS. The van der Waals surface area contributed by atoms with Gasteiger partial charge in [-0.25, -0.2) is 13.8 Å². The Balaban J connectivity index is 1.58. The van der Waals surface area contributed by atoms with Gasteiger partial charge in [-0.2, -0.15) is 18.2 Å². The first-order valence-corrected chi connectivity index (χ1v) is 14.1. The summed E-state index contributed by atoms with van der Waals surface area (Å²) in [5.41, 5.74) is 0.610. The van der Waals surface area contributed by atoms with Gasteiger partial charge >= 0.3 is 6.18 Å². The first kappa shape index (κ1) is 30.0. The lowest BCUT2D eigenvalue weighted by Crippen LogP contribution is -2.44. The lowest BCUT2D eigenvalue weighted by molar-refractivity contribution is -0.129. The van der Waals surface area contributed by atoms with Crippen molar-refractivity contribution in [3.63, 3.8) is 0 Å². The van der Waals surface area contributed by atoms with Crippen LogP contribution in [0.1, 0.15) is 45.6 Å². The molecule has 2 heterocycles. The van der Waals surface area contributed by atoms with E-state index in [1.165, 1.54) is 22.8 Å². The first-order valence-electron chi connectivity index (χ1n) is 13.1. The van der Waals surface area contributed by atoms with E-state index in [1.54, 1.807) is 12.3 Å². The Labute approximate surface area is 233 Å². The lowest BCUT2D eigenvalue weighted by Gasteiger charge is -2.35. The molecule has 4 rings (SSSR count). The maximum Gasteiger partial charge on any atom is 0.389 e. The van der Waals surface area contributed by atoms with Gasteiger partial charge in [0.2, 0.25) is 5.95 Å². The van der Waals surface area contributed by atoms with Gasteiger partial charge in [0, 0.05) is 47.4 Å². The third-order valence-corrected chi connectivity index (χ3v) is 7.75. The topological polar surface area (TPSA) is 75.1 Å².